The monoisotopic (exact) mass is 735 g/mol. The number of anilines is 3. The molecule has 0 unspecified atom stereocenters. The third kappa shape index (κ3) is 9.48. The molecular weight excluding hydrogens is 683 g/mol. The van der Waals surface area contributed by atoms with E-state index in [-0.39, 0.29) is 0 Å². The van der Waals surface area contributed by atoms with Crippen LogP contribution < -0.4 is 20.1 Å². The van der Waals surface area contributed by atoms with Crippen molar-refractivity contribution in [2.24, 2.45) is 0 Å². The Balaban J connectivity index is 0.000000205. The predicted octanol–water partition coefficient (Wildman–Crippen LogP) is 9.78. The van der Waals surface area contributed by atoms with E-state index in [1.807, 2.05) is 66.7 Å². The van der Waals surface area contributed by atoms with Gasteiger partial charge in [-0.3, -0.25) is 0 Å². The van der Waals surface area contributed by atoms with Crippen molar-refractivity contribution < 1.29 is 9.47 Å². The highest BCUT2D eigenvalue weighted by molar-refractivity contribution is 5.80. The number of aromatic nitrogens is 4. The number of fused-ring (bicyclic) bond motifs is 2. The number of ether oxygens (including phenoxy) is 2. The van der Waals surface area contributed by atoms with Crippen molar-refractivity contribution >= 4 is 39.7 Å². The molecular formula is C46H53N7O2. The molecule has 1 fully saturated rings. The van der Waals surface area contributed by atoms with Crippen LogP contribution in [-0.4, -0.2) is 63.9 Å². The van der Waals surface area contributed by atoms with Crippen molar-refractivity contribution in [3.05, 3.63) is 139 Å². The number of likely N-dealkylation sites (tertiary alicyclic amines) is 1. The molecule has 1 aliphatic heterocycles. The van der Waals surface area contributed by atoms with E-state index in [2.05, 4.69) is 104 Å². The highest BCUT2D eigenvalue weighted by atomic mass is 16.5. The highest BCUT2D eigenvalue weighted by Gasteiger charge is 2.21. The van der Waals surface area contributed by atoms with Crippen LogP contribution >= 0.6 is 0 Å². The topological polar surface area (TPSA) is 81.4 Å². The lowest BCUT2D eigenvalue weighted by atomic mass is 10.0. The molecule has 9 nitrogen and oxygen atoms in total. The fourth-order valence-corrected chi connectivity index (χ4v) is 7.31. The van der Waals surface area contributed by atoms with Gasteiger partial charge in [0, 0.05) is 44.0 Å². The van der Waals surface area contributed by atoms with Crippen LogP contribution in [0.2, 0.25) is 0 Å². The Kier molecular flexibility index (Phi) is 12.3. The van der Waals surface area contributed by atoms with E-state index < -0.39 is 0 Å². The van der Waals surface area contributed by atoms with E-state index >= 15 is 0 Å². The zero-order valence-corrected chi connectivity index (χ0v) is 32.5. The molecule has 0 saturated carbocycles. The summed E-state index contributed by atoms with van der Waals surface area (Å²) in [4.78, 5) is 12.2. The third-order valence-electron chi connectivity index (χ3n) is 10.4. The fourth-order valence-electron chi connectivity index (χ4n) is 7.31. The quantitative estimate of drug-likeness (QED) is 0.122. The maximum absolute atomic E-state index is 5.30. The summed E-state index contributed by atoms with van der Waals surface area (Å²) in [5.41, 5.74) is 8.13. The molecule has 55 heavy (non-hydrogen) atoms. The van der Waals surface area contributed by atoms with Gasteiger partial charge in [-0.1, -0.05) is 66.7 Å². The summed E-state index contributed by atoms with van der Waals surface area (Å²) in [7, 11) is 3.42. The number of nitrogens with zero attached hydrogens (tertiary/aromatic N) is 5. The SMILES string of the molecule is CC(C)n1c(Nc2ccccc2)nc2ccccc21.COc1ccc(CCN2CCC(Nc3nc4ccccc4n3CCc3ccc(OC)cc3)CC2)cc1. The average molecular weight is 736 g/mol. The van der Waals surface area contributed by atoms with Crippen LogP contribution in [0.3, 0.4) is 0 Å². The standard InChI is InChI=1S/C30H36N4O2.C16H17N3/c1-35-26-11-7-23(8-12-26)15-19-33-20-17-25(18-21-33)31-30-32-28-5-3-4-6-29(28)34(30)22-16-24-9-13-27(36-2)14-10-24;1-12(2)19-15-11-7-6-10-14(15)18-16(19)17-13-8-4-3-5-9-13/h3-14,25H,15-22H2,1-2H3,(H,31,32);3-12H,1-2H3,(H,17,18). The van der Waals surface area contributed by atoms with Gasteiger partial charge >= 0.3 is 0 Å². The minimum atomic E-state index is 0.360. The van der Waals surface area contributed by atoms with E-state index in [0.29, 0.717) is 12.1 Å². The average Bonchev–Trinajstić information content (AvgIpc) is 3.78. The summed E-state index contributed by atoms with van der Waals surface area (Å²) < 4.78 is 15.1. The Morgan fingerprint density at radius 2 is 1.15 bits per heavy atom. The molecule has 1 aliphatic rings. The van der Waals surface area contributed by atoms with Gasteiger partial charge in [-0.05, 0) is 111 Å². The summed E-state index contributed by atoms with van der Waals surface area (Å²) in [5, 5.41) is 7.19. The summed E-state index contributed by atoms with van der Waals surface area (Å²) >= 11 is 0. The second kappa shape index (κ2) is 18.0. The summed E-state index contributed by atoms with van der Waals surface area (Å²) in [6.45, 7) is 8.55. The fraction of sp³-hybridized carbons (Fsp3) is 0.304. The van der Waals surface area contributed by atoms with E-state index in [1.165, 1.54) is 16.6 Å². The van der Waals surface area contributed by atoms with Crippen LogP contribution in [0.5, 0.6) is 11.5 Å². The van der Waals surface area contributed by atoms with Gasteiger partial charge in [-0.25, -0.2) is 9.97 Å². The molecule has 0 spiro atoms. The van der Waals surface area contributed by atoms with Crippen LogP contribution in [0, 0.1) is 0 Å². The molecule has 0 aliphatic carbocycles. The van der Waals surface area contributed by atoms with E-state index in [4.69, 9.17) is 14.5 Å². The first kappa shape index (κ1) is 37.5. The molecule has 3 heterocycles. The molecule has 9 heteroatoms. The van der Waals surface area contributed by atoms with Gasteiger partial charge in [-0.15, -0.1) is 0 Å². The summed E-state index contributed by atoms with van der Waals surface area (Å²) in [6, 6.07) is 44.4. The van der Waals surface area contributed by atoms with Crippen molar-refractivity contribution in [1.29, 1.82) is 0 Å². The highest BCUT2D eigenvalue weighted by Crippen LogP contribution is 2.27. The van der Waals surface area contributed by atoms with Crippen LogP contribution in [0.4, 0.5) is 17.6 Å². The van der Waals surface area contributed by atoms with E-state index in [1.54, 1.807) is 14.2 Å². The molecule has 2 aromatic heterocycles. The number of aryl methyl sites for hydroxylation is 2. The first-order valence-corrected chi connectivity index (χ1v) is 19.5. The second-order valence-corrected chi connectivity index (χ2v) is 14.4. The number of methoxy groups -OCH3 is 2. The lowest BCUT2D eigenvalue weighted by Crippen LogP contribution is -2.40. The lowest BCUT2D eigenvalue weighted by molar-refractivity contribution is 0.221. The molecule has 8 rings (SSSR count). The first-order valence-electron chi connectivity index (χ1n) is 19.5. The van der Waals surface area contributed by atoms with Crippen LogP contribution in [0.25, 0.3) is 22.1 Å². The number of imidazole rings is 2. The van der Waals surface area contributed by atoms with E-state index in [9.17, 15) is 0 Å². The molecule has 1 saturated heterocycles. The minimum absolute atomic E-state index is 0.360. The smallest absolute Gasteiger partial charge is 0.208 e. The van der Waals surface area contributed by atoms with Crippen molar-refractivity contribution in [3.8, 4) is 11.5 Å². The number of para-hydroxylation sites is 5. The number of rotatable bonds is 13. The van der Waals surface area contributed by atoms with Crippen molar-refractivity contribution in [2.45, 2.75) is 58.2 Å². The van der Waals surface area contributed by atoms with Gasteiger partial charge in [-0.2, -0.15) is 0 Å². The largest absolute Gasteiger partial charge is 0.497 e. The zero-order chi connectivity index (χ0) is 38.0. The Hall–Kier alpha value is -5.80. The van der Waals surface area contributed by atoms with Gasteiger partial charge in [0.1, 0.15) is 11.5 Å². The summed E-state index contributed by atoms with van der Waals surface area (Å²) in [5.74, 6) is 3.69. The molecule has 284 valence electrons. The Morgan fingerprint density at radius 1 is 0.618 bits per heavy atom. The van der Waals surface area contributed by atoms with Gasteiger partial charge in [0.05, 0.1) is 36.3 Å². The number of benzene rings is 5. The second-order valence-electron chi connectivity index (χ2n) is 14.4. The Bertz CT molecular complexity index is 2240. The maximum Gasteiger partial charge on any atom is 0.208 e. The van der Waals surface area contributed by atoms with Crippen LogP contribution in [0.1, 0.15) is 43.9 Å². The molecule has 5 aromatic carbocycles. The predicted molar refractivity (Wildman–Crippen MR) is 226 cm³/mol. The Labute approximate surface area is 324 Å². The molecule has 0 bridgehead atoms. The normalized spacial score (nSPS) is 13.5. The minimum Gasteiger partial charge on any atom is -0.497 e. The van der Waals surface area contributed by atoms with Gasteiger partial charge in [0.2, 0.25) is 11.9 Å². The molecule has 0 radical (unpaired) electrons. The number of hydrogen-bond donors (Lipinski definition) is 2. The number of nitrogens with one attached hydrogen (secondary N) is 2. The van der Waals surface area contributed by atoms with E-state index in [0.717, 1.165) is 97.5 Å². The van der Waals surface area contributed by atoms with Gasteiger partial charge in [0.15, 0.2) is 0 Å². The summed E-state index contributed by atoms with van der Waals surface area (Å²) in [6.07, 6.45) is 4.28. The maximum atomic E-state index is 5.30. The lowest BCUT2D eigenvalue weighted by Gasteiger charge is -2.32. The van der Waals surface area contributed by atoms with Crippen LogP contribution in [0.15, 0.2) is 127 Å². The molecule has 7 aromatic rings. The number of piperidine rings is 1. The van der Waals surface area contributed by atoms with Crippen molar-refractivity contribution in [3.63, 3.8) is 0 Å². The zero-order valence-electron chi connectivity index (χ0n) is 32.5. The molecule has 0 amide bonds. The van der Waals surface area contributed by atoms with Gasteiger partial charge < -0.3 is 34.1 Å². The van der Waals surface area contributed by atoms with Crippen molar-refractivity contribution in [1.82, 2.24) is 24.0 Å². The number of hydrogen-bond acceptors (Lipinski definition) is 7. The third-order valence-corrected chi connectivity index (χ3v) is 10.4. The van der Waals surface area contributed by atoms with Crippen molar-refractivity contribution in [2.75, 3.05) is 44.5 Å². The molecule has 2 N–H and O–H groups in total. The first-order chi connectivity index (χ1) is 27.0. The Morgan fingerprint density at radius 3 is 1.75 bits per heavy atom. The van der Waals surface area contributed by atoms with Gasteiger partial charge in [0.25, 0.3) is 0 Å². The van der Waals surface area contributed by atoms with Crippen LogP contribution in [-0.2, 0) is 19.4 Å². The molecule has 0 atom stereocenters.